The number of rotatable bonds is 8. The van der Waals surface area contributed by atoms with E-state index < -0.39 is 11.7 Å². The number of carbonyl (C=O) groups excluding carboxylic acids is 1. The topological polar surface area (TPSA) is 62.1 Å². The molecule has 1 amide bonds. The van der Waals surface area contributed by atoms with Gasteiger partial charge >= 0.3 is 0 Å². The molecule has 0 fully saturated rings. The SMILES string of the molecule is C=CCc1cc(/C=C(/C#N)C(=O)Nc2ccccc2F)ccc1OCc1ccccc1F. The number of carbonyl (C=O) groups is 1. The fourth-order valence-electron chi connectivity index (χ4n) is 2.98. The van der Waals surface area contributed by atoms with Crippen LogP contribution in [0.25, 0.3) is 6.08 Å². The molecule has 0 saturated carbocycles. The average molecular weight is 430 g/mol. The van der Waals surface area contributed by atoms with Gasteiger partial charge in [0.2, 0.25) is 0 Å². The summed E-state index contributed by atoms with van der Waals surface area (Å²) in [5.74, 6) is -1.12. The molecule has 32 heavy (non-hydrogen) atoms. The number of nitriles is 1. The molecular weight excluding hydrogens is 410 g/mol. The van der Waals surface area contributed by atoms with E-state index in [1.165, 1.54) is 30.3 Å². The fraction of sp³-hybridized carbons (Fsp3) is 0.0769. The Morgan fingerprint density at radius 3 is 2.44 bits per heavy atom. The van der Waals surface area contributed by atoms with E-state index in [1.807, 2.05) is 6.07 Å². The van der Waals surface area contributed by atoms with Crippen LogP contribution in [0.5, 0.6) is 5.75 Å². The first-order valence-electron chi connectivity index (χ1n) is 9.79. The Balaban J connectivity index is 1.81. The van der Waals surface area contributed by atoms with E-state index in [0.29, 0.717) is 23.3 Å². The maximum atomic E-state index is 13.8. The summed E-state index contributed by atoms with van der Waals surface area (Å²) >= 11 is 0. The van der Waals surface area contributed by atoms with Crippen molar-refractivity contribution in [3.05, 3.63) is 113 Å². The average Bonchev–Trinajstić information content (AvgIpc) is 2.79. The molecule has 6 heteroatoms. The van der Waals surface area contributed by atoms with Crippen LogP contribution in [0.2, 0.25) is 0 Å². The molecule has 0 heterocycles. The number of nitrogens with one attached hydrogen (secondary N) is 1. The molecule has 1 N–H and O–H groups in total. The summed E-state index contributed by atoms with van der Waals surface area (Å²) in [6.45, 7) is 3.79. The first-order valence-corrected chi connectivity index (χ1v) is 9.79. The number of nitrogens with zero attached hydrogens (tertiary/aromatic N) is 1. The largest absolute Gasteiger partial charge is 0.489 e. The van der Waals surface area contributed by atoms with Crippen LogP contribution in [0.15, 0.2) is 85.0 Å². The Morgan fingerprint density at radius 1 is 1.03 bits per heavy atom. The maximum absolute atomic E-state index is 13.8. The Morgan fingerprint density at radius 2 is 1.75 bits per heavy atom. The Kier molecular flexibility index (Phi) is 7.50. The zero-order valence-corrected chi connectivity index (χ0v) is 17.1. The van der Waals surface area contributed by atoms with E-state index in [1.54, 1.807) is 48.5 Å². The van der Waals surface area contributed by atoms with Gasteiger partial charge in [0.15, 0.2) is 0 Å². The minimum Gasteiger partial charge on any atom is -0.489 e. The van der Waals surface area contributed by atoms with Crippen molar-refractivity contribution >= 4 is 17.7 Å². The second-order valence-corrected chi connectivity index (χ2v) is 6.84. The van der Waals surface area contributed by atoms with Crippen LogP contribution < -0.4 is 10.1 Å². The predicted octanol–water partition coefficient (Wildman–Crippen LogP) is 5.82. The van der Waals surface area contributed by atoms with E-state index >= 15 is 0 Å². The molecule has 0 saturated heterocycles. The van der Waals surface area contributed by atoms with E-state index in [-0.39, 0.29) is 23.7 Å². The van der Waals surface area contributed by atoms with Gasteiger partial charge in [0.1, 0.15) is 35.6 Å². The Labute approximate surface area is 185 Å². The number of hydrogen-bond acceptors (Lipinski definition) is 3. The lowest BCUT2D eigenvalue weighted by Gasteiger charge is -2.12. The minimum atomic E-state index is -0.720. The Bertz CT molecular complexity index is 1210. The fourth-order valence-corrected chi connectivity index (χ4v) is 2.98. The number of halogens is 2. The number of anilines is 1. The van der Waals surface area contributed by atoms with Crippen LogP contribution in [0.3, 0.4) is 0 Å². The van der Waals surface area contributed by atoms with Crippen molar-refractivity contribution in [3.8, 4) is 11.8 Å². The minimum absolute atomic E-state index is 0.0112. The van der Waals surface area contributed by atoms with E-state index in [9.17, 15) is 18.8 Å². The molecular formula is C26H20F2N2O2. The summed E-state index contributed by atoms with van der Waals surface area (Å²) in [6.07, 6.45) is 3.57. The molecule has 0 spiro atoms. The van der Waals surface area contributed by atoms with Gasteiger partial charge in [-0.15, -0.1) is 6.58 Å². The molecule has 3 aromatic rings. The van der Waals surface area contributed by atoms with Crippen molar-refractivity contribution in [1.82, 2.24) is 0 Å². The lowest BCUT2D eigenvalue weighted by molar-refractivity contribution is -0.112. The second kappa shape index (κ2) is 10.7. The quantitative estimate of drug-likeness (QED) is 0.278. The van der Waals surface area contributed by atoms with Crippen LogP contribution in [0.4, 0.5) is 14.5 Å². The summed E-state index contributed by atoms with van der Waals surface area (Å²) in [7, 11) is 0. The molecule has 4 nitrogen and oxygen atoms in total. The molecule has 0 bridgehead atoms. The molecule has 0 radical (unpaired) electrons. The Hall–Kier alpha value is -4.24. The molecule has 3 rings (SSSR count). The lowest BCUT2D eigenvalue weighted by Crippen LogP contribution is -2.14. The summed E-state index contributed by atoms with van der Waals surface area (Å²) < 4.78 is 33.4. The van der Waals surface area contributed by atoms with E-state index in [4.69, 9.17) is 4.74 Å². The van der Waals surface area contributed by atoms with Crippen molar-refractivity contribution in [2.75, 3.05) is 5.32 Å². The van der Waals surface area contributed by atoms with Crippen LogP contribution in [-0.4, -0.2) is 5.91 Å². The third-order valence-corrected chi connectivity index (χ3v) is 4.59. The van der Waals surface area contributed by atoms with Gasteiger partial charge < -0.3 is 10.1 Å². The molecule has 0 aromatic heterocycles. The molecule has 3 aromatic carbocycles. The number of para-hydroxylation sites is 1. The molecule has 0 aliphatic carbocycles. The van der Waals surface area contributed by atoms with Crippen molar-refractivity contribution in [3.63, 3.8) is 0 Å². The van der Waals surface area contributed by atoms with E-state index in [2.05, 4.69) is 11.9 Å². The monoisotopic (exact) mass is 430 g/mol. The predicted molar refractivity (Wildman–Crippen MR) is 120 cm³/mol. The highest BCUT2D eigenvalue weighted by molar-refractivity contribution is 6.09. The molecule has 0 unspecified atom stereocenters. The smallest absolute Gasteiger partial charge is 0.266 e. The lowest BCUT2D eigenvalue weighted by atomic mass is 10.0. The standard InChI is InChI=1S/C26H20F2N2O2/c1-2-7-19-14-18(12-13-25(19)32-17-20-8-3-4-9-22(20)27)15-21(16-29)26(31)30-24-11-6-5-10-23(24)28/h2-6,8-15H,1,7,17H2,(H,30,31)/b21-15-. The second-order valence-electron chi connectivity index (χ2n) is 6.84. The van der Waals surface area contributed by atoms with Gasteiger partial charge in [-0.25, -0.2) is 8.78 Å². The van der Waals surface area contributed by atoms with Crippen LogP contribution >= 0.6 is 0 Å². The van der Waals surface area contributed by atoms with Gasteiger partial charge in [-0.1, -0.05) is 42.5 Å². The number of benzene rings is 3. The normalized spacial score (nSPS) is 10.8. The van der Waals surface area contributed by atoms with Crippen LogP contribution in [0.1, 0.15) is 16.7 Å². The first kappa shape index (κ1) is 22.4. The van der Waals surface area contributed by atoms with E-state index in [0.717, 1.165) is 5.56 Å². The van der Waals surface area contributed by atoms with Gasteiger partial charge in [0.25, 0.3) is 5.91 Å². The van der Waals surface area contributed by atoms with Gasteiger partial charge in [0.05, 0.1) is 5.69 Å². The number of ether oxygens (including phenoxy) is 1. The van der Waals surface area contributed by atoms with Gasteiger partial charge in [-0.05, 0) is 54.0 Å². The summed E-state index contributed by atoms with van der Waals surface area (Å²) in [6, 6.07) is 19.0. The number of amides is 1. The highest BCUT2D eigenvalue weighted by Gasteiger charge is 2.13. The van der Waals surface area contributed by atoms with Crippen molar-refractivity contribution < 1.29 is 18.3 Å². The van der Waals surface area contributed by atoms with Crippen LogP contribution in [0, 0.1) is 23.0 Å². The molecule has 0 atom stereocenters. The van der Waals surface area contributed by atoms with Gasteiger partial charge in [-0.2, -0.15) is 5.26 Å². The van der Waals surface area contributed by atoms with Crippen molar-refractivity contribution in [2.24, 2.45) is 0 Å². The van der Waals surface area contributed by atoms with Crippen LogP contribution in [-0.2, 0) is 17.8 Å². The summed E-state index contributed by atoms with van der Waals surface area (Å²) in [4.78, 5) is 12.4. The number of hydrogen-bond donors (Lipinski definition) is 1. The van der Waals surface area contributed by atoms with Crippen molar-refractivity contribution in [1.29, 1.82) is 5.26 Å². The van der Waals surface area contributed by atoms with Crippen molar-refractivity contribution in [2.45, 2.75) is 13.0 Å². The van der Waals surface area contributed by atoms with Gasteiger partial charge in [-0.3, -0.25) is 4.79 Å². The summed E-state index contributed by atoms with van der Waals surface area (Å²) in [5.41, 5.74) is 1.58. The first-order chi connectivity index (χ1) is 15.5. The zero-order chi connectivity index (χ0) is 22.9. The highest BCUT2D eigenvalue weighted by Crippen LogP contribution is 2.24. The number of allylic oxidation sites excluding steroid dienone is 1. The highest BCUT2D eigenvalue weighted by atomic mass is 19.1. The molecule has 0 aliphatic heterocycles. The summed E-state index contributed by atoms with van der Waals surface area (Å²) in [5, 5.41) is 11.8. The maximum Gasteiger partial charge on any atom is 0.266 e. The third kappa shape index (κ3) is 5.67. The molecule has 160 valence electrons. The van der Waals surface area contributed by atoms with Gasteiger partial charge in [0, 0.05) is 5.56 Å². The zero-order valence-electron chi connectivity index (χ0n) is 17.1. The third-order valence-electron chi connectivity index (χ3n) is 4.59. The molecule has 0 aliphatic rings.